The maximum Gasteiger partial charge on any atom is 0.326 e. The Hall–Kier alpha value is -3.77. The van der Waals surface area contributed by atoms with Crippen LogP contribution in [0.15, 0.2) is 89.9 Å². The lowest BCUT2D eigenvalue weighted by Gasteiger charge is -2.13. The van der Waals surface area contributed by atoms with Gasteiger partial charge < -0.3 is 9.67 Å². The molecule has 0 aliphatic rings. The highest BCUT2D eigenvalue weighted by molar-refractivity contribution is 7.16. The van der Waals surface area contributed by atoms with Crippen molar-refractivity contribution >= 4 is 45.1 Å². The summed E-state index contributed by atoms with van der Waals surface area (Å²) in [6.45, 7) is 1.81. The van der Waals surface area contributed by atoms with Gasteiger partial charge in [-0.1, -0.05) is 91.1 Å². The molecule has 1 unspecified atom stereocenters. The number of carbonyl (C=O) groups excluding carboxylic acids is 1. The monoisotopic (exact) mass is 442 g/mol. The second kappa shape index (κ2) is 9.58. The van der Waals surface area contributed by atoms with Crippen LogP contribution in [0.2, 0.25) is 0 Å². The van der Waals surface area contributed by atoms with E-state index in [-0.39, 0.29) is 0 Å². The zero-order valence-electron chi connectivity index (χ0n) is 17.5. The molecule has 6 heteroatoms. The molecule has 0 saturated heterocycles. The van der Waals surface area contributed by atoms with Gasteiger partial charge in [-0.15, -0.1) is 0 Å². The van der Waals surface area contributed by atoms with Crippen LogP contribution in [0.3, 0.4) is 0 Å². The topological polar surface area (TPSA) is 71.7 Å². The van der Waals surface area contributed by atoms with Crippen LogP contribution in [-0.2, 0) is 9.59 Å². The van der Waals surface area contributed by atoms with Crippen LogP contribution in [0.4, 0.5) is 0 Å². The van der Waals surface area contributed by atoms with Crippen molar-refractivity contribution in [1.82, 2.24) is 4.57 Å². The second-order valence-corrected chi connectivity index (χ2v) is 8.25. The van der Waals surface area contributed by atoms with E-state index >= 15 is 0 Å². The van der Waals surface area contributed by atoms with E-state index in [2.05, 4.69) is 4.99 Å². The Kier molecular flexibility index (Phi) is 6.42. The molecule has 3 aromatic carbocycles. The molecule has 160 valence electrons. The van der Waals surface area contributed by atoms with Crippen LogP contribution < -0.4 is 4.80 Å². The number of carboxylic acid groups (broad SMARTS) is 1. The van der Waals surface area contributed by atoms with Crippen molar-refractivity contribution in [1.29, 1.82) is 0 Å². The van der Waals surface area contributed by atoms with Crippen molar-refractivity contribution in [3.63, 3.8) is 0 Å². The van der Waals surface area contributed by atoms with E-state index in [1.807, 2.05) is 97.9 Å². The molecule has 0 aliphatic carbocycles. The van der Waals surface area contributed by atoms with Gasteiger partial charge in [-0.2, -0.15) is 4.99 Å². The summed E-state index contributed by atoms with van der Waals surface area (Å²) in [6, 6.07) is 25.7. The standard InChI is InChI=1S/C26H22N2O3S/c1-2-21(25(30)31)28-22-15-9-10-16-23(22)32-26(28)27-24(29)20(19-13-7-4-8-14-19)17-18-11-5-3-6-12-18/h3-17,21H,2H2,1H3,(H,30,31)/b20-17+,27-26+. The molecule has 1 N–H and O–H groups in total. The Morgan fingerprint density at radius 2 is 1.59 bits per heavy atom. The number of amides is 1. The van der Waals surface area contributed by atoms with Gasteiger partial charge in [0.2, 0.25) is 0 Å². The summed E-state index contributed by atoms with van der Waals surface area (Å²) >= 11 is 1.32. The van der Waals surface area contributed by atoms with Crippen LogP contribution in [0.25, 0.3) is 21.9 Å². The Balaban J connectivity index is 1.91. The molecule has 0 bridgehead atoms. The van der Waals surface area contributed by atoms with E-state index in [1.165, 1.54) is 11.3 Å². The number of nitrogens with zero attached hydrogens (tertiary/aromatic N) is 2. The van der Waals surface area contributed by atoms with Gasteiger partial charge in [0.15, 0.2) is 4.80 Å². The number of benzene rings is 3. The van der Waals surface area contributed by atoms with Gasteiger partial charge in [0.25, 0.3) is 5.91 Å². The van der Waals surface area contributed by atoms with Gasteiger partial charge in [-0.25, -0.2) is 4.79 Å². The fraction of sp³-hybridized carbons (Fsp3) is 0.115. The van der Waals surface area contributed by atoms with Gasteiger partial charge in [0.05, 0.1) is 10.2 Å². The fourth-order valence-corrected chi connectivity index (χ4v) is 4.65. The van der Waals surface area contributed by atoms with E-state index in [1.54, 1.807) is 4.57 Å². The molecule has 0 saturated carbocycles. The highest BCUT2D eigenvalue weighted by atomic mass is 32.1. The zero-order chi connectivity index (χ0) is 22.5. The number of carbonyl (C=O) groups is 2. The van der Waals surface area contributed by atoms with E-state index in [4.69, 9.17) is 0 Å². The molecule has 4 aromatic rings. The summed E-state index contributed by atoms with van der Waals surface area (Å²) < 4.78 is 2.54. The molecular weight excluding hydrogens is 420 g/mol. The van der Waals surface area contributed by atoms with Crippen molar-refractivity contribution in [2.75, 3.05) is 0 Å². The Morgan fingerprint density at radius 3 is 2.25 bits per heavy atom. The predicted octanol–water partition coefficient (Wildman–Crippen LogP) is 5.41. The molecule has 0 aliphatic heterocycles. The number of rotatable bonds is 6. The average Bonchev–Trinajstić information content (AvgIpc) is 3.16. The minimum Gasteiger partial charge on any atom is -0.480 e. The summed E-state index contributed by atoms with van der Waals surface area (Å²) in [6.07, 6.45) is 2.19. The molecule has 1 aromatic heterocycles. The van der Waals surface area contributed by atoms with Crippen molar-refractivity contribution in [2.45, 2.75) is 19.4 Å². The van der Waals surface area contributed by atoms with Gasteiger partial charge in [-0.3, -0.25) is 4.79 Å². The van der Waals surface area contributed by atoms with Crippen LogP contribution in [0, 0.1) is 0 Å². The molecule has 1 heterocycles. The molecular formula is C26H22N2O3S. The maximum atomic E-state index is 13.4. The number of hydrogen-bond acceptors (Lipinski definition) is 3. The van der Waals surface area contributed by atoms with E-state index in [9.17, 15) is 14.7 Å². The normalized spacial score (nSPS) is 13.3. The van der Waals surface area contributed by atoms with Crippen LogP contribution in [-0.4, -0.2) is 21.6 Å². The molecule has 0 radical (unpaired) electrons. The number of para-hydroxylation sites is 1. The number of fused-ring (bicyclic) bond motifs is 1. The SMILES string of the molecule is CCC(C(=O)O)n1/c(=N\C(=O)/C(=C/c2ccccc2)c2ccccc2)sc2ccccc21. The highest BCUT2D eigenvalue weighted by Gasteiger charge is 2.22. The third kappa shape index (κ3) is 4.45. The zero-order valence-corrected chi connectivity index (χ0v) is 18.3. The van der Waals surface area contributed by atoms with Gasteiger partial charge >= 0.3 is 5.97 Å². The molecule has 1 amide bonds. The minimum atomic E-state index is -0.951. The molecule has 5 nitrogen and oxygen atoms in total. The number of carboxylic acids is 1. The van der Waals surface area contributed by atoms with Crippen molar-refractivity contribution in [2.24, 2.45) is 4.99 Å². The van der Waals surface area contributed by atoms with Crippen LogP contribution in [0.5, 0.6) is 0 Å². The molecule has 0 spiro atoms. The van der Waals surface area contributed by atoms with Crippen molar-refractivity contribution in [3.8, 4) is 0 Å². The lowest BCUT2D eigenvalue weighted by Crippen LogP contribution is -2.27. The van der Waals surface area contributed by atoms with E-state index in [0.717, 1.165) is 21.3 Å². The first-order valence-electron chi connectivity index (χ1n) is 10.3. The lowest BCUT2D eigenvalue weighted by molar-refractivity contribution is -0.141. The third-order valence-corrected chi connectivity index (χ3v) is 6.17. The second-order valence-electron chi connectivity index (χ2n) is 7.24. The summed E-state index contributed by atoms with van der Waals surface area (Å²) in [5.74, 6) is -1.37. The van der Waals surface area contributed by atoms with Gasteiger partial charge in [-0.05, 0) is 35.8 Å². The molecule has 4 rings (SSSR count). The van der Waals surface area contributed by atoms with Gasteiger partial charge in [0, 0.05) is 5.57 Å². The number of aromatic nitrogens is 1. The summed E-state index contributed by atoms with van der Waals surface area (Å²) in [7, 11) is 0. The largest absolute Gasteiger partial charge is 0.480 e. The van der Waals surface area contributed by atoms with Crippen LogP contribution in [0.1, 0.15) is 30.5 Å². The van der Waals surface area contributed by atoms with Crippen molar-refractivity contribution < 1.29 is 14.7 Å². The Morgan fingerprint density at radius 1 is 0.969 bits per heavy atom. The number of hydrogen-bond donors (Lipinski definition) is 1. The van der Waals surface area contributed by atoms with Crippen molar-refractivity contribution in [3.05, 3.63) is 101 Å². The fourth-order valence-electron chi connectivity index (χ4n) is 3.59. The van der Waals surface area contributed by atoms with Gasteiger partial charge in [0.1, 0.15) is 6.04 Å². The summed E-state index contributed by atoms with van der Waals surface area (Å²) in [4.78, 5) is 30.2. The lowest BCUT2D eigenvalue weighted by atomic mass is 10.0. The number of aliphatic carboxylic acids is 1. The first kappa shape index (κ1) is 21.5. The predicted molar refractivity (Wildman–Crippen MR) is 128 cm³/mol. The minimum absolute atomic E-state index is 0.375. The molecule has 32 heavy (non-hydrogen) atoms. The first-order chi connectivity index (χ1) is 15.6. The molecule has 0 fully saturated rings. The van der Waals surface area contributed by atoms with E-state index < -0.39 is 17.9 Å². The average molecular weight is 443 g/mol. The summed E-state index contributed by atoms with van der Waals surface area (Å²) in [5, 5.41) is 9.79. The third-order valence-electron chi connectivity index (χ3n) is 5.14. The Bertz CT molecular complexity index is 1350. The summed E-state index contributed by atoms with van der Waals surface area (Å²) in [5.41, 5.74) is 2.84. The highest BCUT2D eigenvalue weighted by Crippen LogP contribution is 2.24. The first-order valence-corrected chi connectivity index (χ1v) is 11.1. The smallest absolute Gasteiger partial charge is 0.326 e. The maximum absolute atomic E-state index is 13.4. The number of thiazole rings is 1. The van der Waals surface area contributed by atoms with E-state index in [0.29, 0.717) is 16.8 Å². The molecule has 1 atom stereocenters. The van der Waals surface area contributed by atoms with Crippen LogP contribution >= 0.6 is 11.3 Å². The quantitative estimate of drug-likeness (QED) is 0.321. The Labute approximate surface area is 189 Å².